The van der Waals surface area contributed by atoms with E-state index >= 15 is 0 Å². The Labute approximate surface area is 380 Å². The van der Waals surface area contributed by atoms with Crippen molar-refractivity contribution >= 4 is 14.4 Å². The van der Waals surface area contributed by atoms with E-state index in [2.05, 4.69) is 212 Å². The van der Waals surface area contributed by atoms with Gasteiger partial charge in [0.2, 0.25) is 0 Å². The molecule has 0 saturated heterocycles. The maximum absolute atomic E-state index is 3.85. The van der Waals surface area contributed by atoms with Crippen LogP contribution in [0.4, 0.5) is 0 Å². The second kappa shape index (κ2) is 17.6. The Bertz CT molecular complexity index is 2120. The number of benzene rings is 4. The Morgan fingerprint density at radius 2 is 1.16 bits per heavy atom. The molecule has 4 aliphatic carbocycles. The van der Waals surface area contributed by atoms with Crippen molar-refractivity contribution in [3.8, 4) is 11.1 Å². The summed E-state index contributed by atoms with van der Waals surface area (Å²) >= 11 is 1.46. The summed E-state index contributed by atoms with van der Waals surface area (Å²) < 4.78 is 1.42. The molecule has 0 spiro atoms. The molecule has 0 heterocycles. The van der Waals surface area contributed by atoms with E-state index in [0.29, 0.717) is 11.3 Å². The number of rotatable bonds is 3. The van der Waals surface area contributed by atoms with Gasteiger partial charge >= 0.3 is 99.2 Å². The summed E-state index contributed by atoms with van der Waals surface area (Å²) in [7, 11) is 0. The summed E-state index contributed by atoms with van der Waals surface area (Å²) in [5.41, 5.74) is 19.3. The van der Waals surface area contributed by atoms with Crippen LogP contribution in [0.3, 0.4) is 0 Å². The van der Waals surface area contributed by atoms with Gasteiger partial charge in [0.15, 0.2) is 0 Å². The average molecular weight is 887 g/mol. The second-order valence-corrected chi connectivity index (χ2v) is 21.7. The fraction of sp³-hybridized carbons (Fsp3) is 0.400. The quantitative estimate of drug-likeness (QED) is 0.159. The summed E-state index contributed by atoms with van der Waals surface area (Å²) in [4.78, 5) is 0. The van der Waals surface area contributed by atoms with Crippen LogP contribution >= 0.6 is 0 Å². The molecule has 0 fully saturated rings. The van der Waals surface area contributed by atoms with Gasteiger partial charge in [-0.15, -0.1) is 11.6 Å². The fourth-order valence-electron chi connectivity index (χ4n) is 8.53. The van der Waals surface area contributed by atoms with Gasteiger partial charge in [0.1, 0.15) is 0 Å². The summed E-state index contributed by atoms with van der Waals surface area (Å²) in [6.45, 7) is 32.3. The van der Waals surface area contributed by atoms with Crippen molar-refractivity contribution in [1.82, 2.24) is 0 Å². The van der Waals surface area contributed by atoms with E-state index in [1.54, 1.807) is 0 Å². The molecule has 4 aliphatic rings. The van der Waals surface area contributed by atoms with E-state index < -0.39 is 0 Å². The third-order valence-electron chi connectivity index (χ3n) is 11.8. The number of hydrogen-bond acceptors (Lipinski definition) is 0. The summed E-state index contributed by atoms with van der Waals surface area (Å²) in [5.74, 6) is 0.573. The normalized spacial score (nSPS) is 17.7. The zero-order chi connectivity index (χ0) is 41.0. The summed E-state index contributed by atoms with van der Waals surface area (Å²) in [6.07, 6.45) is 16.4. The molecule has 0 saturated carbocycles. The van der Waals surface area contributed by atoms with Crippen LogP contribution < -0.4 is 24.8 Å². The first-order valence-corrected chi connectivity index (χ1v) is 22.0. The number of halogens is 2. The molecule has 0 radical (unpaired) electrons. The Morgan fingerprint density at radius 3 is 1.59 bits per heavy atom. The van der Waals surface area contributed by atoms with Crippen molar-refractivity contribution in [3.05, 3.63) is 165 Å². The van der Waals surface area contributed by atoms with Gasteiger partial charge in [-0.05, 0) is 62.3 Å². The first-order chi connectivity index (χ1) is 26.0. The van der Waals surface area contributed by atoms with Gasteiger partial charge in [-0.3, -0.25) is 12.2 Å². The molecule has 4 aromatic rings. The van der Waals surface area contributed by atoms with E-state index in [-0.39, 0.29) is 46.5 Å². The van der Waals surface area contributed by atoms with Crippen LogP contribution in [0.15, 0.2) is 109 Å². The molecule has 3 heteroatoms. The van der Waals surface area contributed by atoms with Crippen molar-refractivity contribution in [2.45, 2.75) is 121 Å². The molecular formula is C55H64Cl2Zr-2. The molecule has 0 aliphatic heterocycles. The van der Waals surface area contributed by atoms with Crippen LogP contribution in [-0.2, 0) is 41.5 Å². The zero-order valence-electron chi connectivity index (χ0n) is 37.6. The Kier molecular flexibility index (Phi) is 14.6. The van der Waals surface area contributed by atoms with E-state index in [0.717, 1.165) is 6.42 Å². The van der Waals surface area contributed by atoms with Gasteiger partial charge in [-0.25, -0.2) is 11.6 Å². The molecule has 0 N–H and O–H groups in total. The number of fused-ring (bicyclic) bond motifs is 5. The van der Waals surface area contributed by atoms with E-state index in [1.165, 1.54) is 106 Å². The number of hydrogen-bond donors (Lipinski definition) is 0. The molecule has 0 aromatic heterocycles. The predicted molar refractivity (Wildman–Crippen MR) is 239 cm³/mol. The van der Waals surface area contributed by atoms with Gasteiger partial charge in [-0.2, -0.15) is 17.2 Å². The van der Waals surface area contributed by atoms with E-state index in [1.807, 2.05) is 0 Å². The first-order valence-electron chi connectivity index (χ1n) is 20.8. The van der Waals surface area contributed by atoms with Crippen LogP contribution in [0.5, 0.6) is 0 Å². The molecule has 0 bridgehead atoms. The van der Waals surface area contributed by atoms with Crippen LogP contribution in [0, 0.1) is 34.3 Å². The molecule has 58 heavy (non-hydrogen) atoms. The van der Waals surface area contributed by atoms with Gasteiger partial charge in [0, 0.05) is 5.41 Å². The Balaban J connectivity index is 0.000000228. The van der Waals surface area contributed by atoms with Crippen LogP contribution in [0.25, 0.3) is 22.3 Å². The summed E-state index contributed by atoms with van der Waals surface area (Å²) in [6, 6.07) is 31.1. The minimum absolute atomic E-state index is 0. The Morgan fingerprint density at radius 1 is 0.655 bits per heavy atom. The van der Waals surface area contributed by atoms with Crippen molar-refractivity contribution in [1.29, 1.82) is 0 Å². The van der Waals surface area contributed by atoms with Crippen molar-refractivity contribution in [3.63, 3.8) is 0 Å². The molecule has 1 unspecified atom stereocenters. The molecule has 0 nitrogen and oxygen atoms in total. The molecule has 4 aromatic carbocycles. The Hall–Kier alpha value is -2.83. The number of allylic oxidation sites excluding steroid dienone is 8. The van der Waals surface area contributed by atoms with E-state index in [9.17, 15) is 0 Å². The standard InChI is InChI=1S/C31H37.C13H10.C11H17.2ClH.Zr/c1-28(2,3)26-16-30(7,8)24-12-18-11-19-13-25-23(15-21(19)20(18)14-22(24)26)27(29(4,5)6)17-31(25,9)10;1-3-7-12(8-4-1)11-13-9-5-2-6-10-13;1-5-9-6-7-10(8-9)11(2,3)4;;;/h12-16H,11H2,1-10H3;1-10H;7-9H,5H2,1-4H3;2*1H;/q-1;;-1;;;+2/p-2. The molecule has 0 amide bonds. The molecule has 1 atom stereocenters. The molecule has 304 valence electrons. The topological polar surface area (TPSA) is 0 Å². The third-order valence-corrected chi connectivity index (χ3v) is 13.3. The monoisotopic (exact) mass is 884 g/mol. The van der Waals surface area contributed by atoms with Crippen molar-refractivity contribution in [2.75, 3.05) is 0 Å². The first kappa shape index (κ1) is 47.8. The van der Waals surface area contributed by atoms with Crippen LogP contribution in [0.1, 0.15) is 148 Å². The van der Waals surface area contributed by atoms with Crippen molar-refractivity contribution < 1.29 is 49.0 Å². The van der Waals surface area contributed by atoms with Crippen LogP contribution in [0.2, 0.25) is 0 Å². The SMILES string of the molecule is CC(C)(C)C1=[C-]C(C)(C)c2cc3c(cc21)-c1cc2c(cc1C3)C(C)(C)C=C2C(C)(C)C.CCC1[C-]=CC(C(C)(C)C)=C1.[Cl-].[Cl-].[Zr+2]=[C](c1ccccc1)c1ccccc1. The summed E-state index contributed by atoms with van der Waals surface area (Å²) in [5, 5.41) is 0. The van der Waals surface area contributed by atoms with Crippen molar-refractivity contribution in [2.24, 2.45) is 22.2 Å². The molecule has 8 rings (SSSR count). The second-order valence-electron chi connectivity index (χ2n) is 20.5. The van der Waals surface area contributed by atoms with Gasteiger partial charge in [-0.1, -0.05) is 138 Å². The van der Waals surface area contributed by atoms with E-state index in [4.69, 9.17) is 0 Å². The minimum atomic E-state index is -0.0202. The van der Waals surface area contributed by atoms with Gasteiger partial charge in [0.25, 0.3) is 0 Å². The fourth-order valence-corrected chi connectivity index (χ4v) is 9.35. The van der Waals surface area contributed by atoms with Gasteiger partial charge in [0.05, 0.1) is 0 Å². The van der Waals surface area contributed by atoms with Gasteiger partial charge < -0.3 is 24.8 Å². The predicted octanol–water partition coefficient (Wildman–Crippen LogP) is 8.67. The average Bonchev–Trinajstić information content (AvgIpc) is 3.89. The zero-order valence-corrected chi connectivity index (χ0v) is 41.5. The maximum atomic E-state index is 3.85. The van der Waals surface area contributed by atoms with Crippen LogP contribution in [-0.4, -0.2) is 3.21 Å². The molecular weight excluding hydrogens is 823 g/mol. The third kappa shape index (κ3) is 10.0.